The van der Waals surface area contributed by atoms with Crippen molar-refractivity contribution in [2.24, 2.45) is 0 Å². The first-order chi connectivity index (χ1) is 8.08. The molecule has 0 nitrogen and oxygen atoms in total. The lowest BCUT2D eigenvalue weighted by molar-refractivity contribution is 1.12. The molecule has 1 atom stereocenters. The van der Waals surface area contributed by atoms with E-state index in [0.29, 0.717) is 4.83 Å². The highest BCUT2D eigenvalue weighted by atomic mass is 79.9. The van der Waals surface area contributed by atoms with Crippen molar-refractivity contribution >= 4 is 15.9 Å². The third-order valence-corrected chi connectivity index (χ3v) is 3.60. The molecular weight excluding hydrogens is 272 g/mol. The van der Waals surface area contributed by atoms with E-state index in [0.717, 1.165) is 0 Å². The fourth-order valence-electron chi connectivity index (χ4n) is 1.97. The third-order valence-electron chi connectivity index (χ3n) is 3.07. The molecule has 1 heteroatoms. The van der Waals surface area contributed by atoms with Gasteiger partial charge in [-0.3, -0.25) is 0 Å². The molecule has 0 saturated heterocycles. The Kier molecular flexibility index (Phi) is 3.68. The Bertz CT molecular complexity index is 510. The molecule has 17 heavy (non-hydrogen) atoms. The van der Waals surface area contributed by atoms with E-state index in [1.165, 1.54) is 27.8 Å². The average Bonchev–Trinajstić information content (AvgIpc) is 2.32. The normalized spacial score (nSPS) is 12.5. The standard InChI is InChI=1S/C16H17Br/c1-11-4-5-12(2)16(10-11)15-8-6-14(7-9-15)13(3)17/h4-10,13H,1-3H3. The van der Waals surface area contributed by atoms with Gasteiger partial charge >= 0.3 is 0 Å². The number of hydrogen-bond donors (Lipinski definition) is 0. The fourth-order valence-corrected chi connectivity index (χ4v) is 2.28. The molecule has 0 fully saturated rings. The van der Waals surface area contributed by atoms with Crippen molar-refractivity contribution in [3.63, 3.8) is 0 Å². The van der Waals surface area contributed by atoms with Gasteiger partial charge in [-0.25, -0.2) is 0 Å². The first-order valence-corrected chi connectivity index (χ1v) is 6.81. The maximum Gasteiger partial charge on any atom is 0.0367 e. The van der Waals surface area contributed by atoms with E-state index < -0.39 is 0 Å². The number of rotatable bonds is 2. The smallest absolute Gasteiger partial charge is 0.0367 e. The molecule has 2 rings (SSSR count). The topological polar surface area (TPSA) is 0 Å². The molecular formula is C16H17Br. The van der Waals surface area contributed by atoms with Crippen LogP contribution in [0.4, 0.5) is 0 Å². The van der Waals surface area contributed by atoms with Crippen molar-refractivity contribution in [1.82, 2.24) is 0 Å². The van der Waals surface area contributed by atoms with Crippen LogP contribution in [0.2, 0.25) is 0 Å². The number of hydrogen-bond acceptors (Lipinski definition) is 0. The lowest BCUT2D eigenvalue weighted by Crippen LogP contribution is -1.87. The minimum absolute atomic E-state index is 0.412. The molecule has 2 aromatic rings. The summed E-state index contributed by atoms with van der Waals surface area (Å²) < 4.78 is 0. The van der Waals surface area contributed by atoms with Crippen molar-refractivity contribution in [1.29, 1.82) is 0 Å². The summed E-state index contributed by atoms with van der Waals surface area (Å²) in [6.07, 6.45) is 0. The van der Waals surface area contributed by atoms with Crippen molar-refractivity contribution in [2.45, 2.75) is 25.6 Å². The van der Waals surface area contributed by atoms with Gasteiger partial charge in [-0.15, -0.1) is 0 Å². The first-order valence-electron chi connectivity index (χ1n) is 5.89. The lowest BCUT2D eigenvalue weighted by atomic mass is 9.97. The molecule has 2 aromatic carbocycles. The number of alkyl halides is 1. The van der Waals surface area contributed by atoms with E-state index in [4.69, 9.17) is 0 Å². The Labute approximate surface area is 112 Å². The van der Waals surface area contributed by atoms with Crippen molar-refractivity contribution in [3.05, 3.63) is 59.2 Å². The van der Waals surface area contributed by atoms with E-state index in [9.17, 15) is 0 Å². The molecule has 0 radical (unpaired) electrons. The molecule has 88 valence electrons. The van der Waals surface area contributed by atoms with E-state index in [1.54, 1.807) is 0 Å². The molecule has 0 saturated carbocycles. The van der Waals surface area contributed by atoms with E-state index in [2.05, 4.69) is 79.2 Å². The summed E-state index contributed by atoms with van der Waals surface area (Å²) in [4.78, 5) is 0.412. The molecule has 0 aliphatic carbocycles. The predicted molar refractivity (Wildman–Crippen MR) is 78.7 cm³/mol. The van der Waals surface area contributed by atoms with Crippen molar-refractivity contribution in [2.75, 3.05) is 0 Å². The summed E-state index contributed by atoms with van der Waals surface area (Å²) >= 11 is 3.59. The van der Waals surface area contributed by atoms with Gasteiger partial charge in [0.1, 0.15) is 0 Å². The Morgan fingerprint density at radius 3 is 2.18 bits per heavy atom. The van der Waals surface area contributed by atoms with E-state index in [-0.39, 0.29) is 0 Å². The summed E-state index contributed by atoms with van der Waals surface area (Å²) in [5.74, 6) is 0. The zero-order chi connectivity index (χ0) is 12.4. The maximum atomic E-state index is 3.59. The molecule has 0 spiro atoms. The minimum Gasteiger partial charge on any atom is -0.0842 e. The van der Waals surface area contributed by atoms with Crippen LogP contribution in [0, 0.1) is 13.8 Å². The van der Waals surface area contributed by atoms with Crippen LogP contribution in [-0.2, 0) is 0 Å². The van der Waals surface area contributed by atoms with Gasteiger partial charge in [0.2, 0.25) is 0 Å². The Morgan fingerprint density at radius 1 is 0.941 bits per heavy atom. The van der Waals surface area contributed by atoms with E-state index in [1.807, 2.05) is 0 Å². The van der Waals surface area contributed by atoms with Crippen LogP contribution < -0.4 is 0 Å². The first kappa shape index (κ1) is 12.4. The summed E-state index contributed by atoms with van der Waals surface area (Å²) in [6.45, 7) is 6.45. The van der Waals surface area contributed by atoms with Crippen molar-refractivity contribution < 1.29 is 0 Å². The van der Waals surface area contributed by atoms with Crippen LogP contribution in [0.1, 0.15) is 28.4 Å². The molecule has 0 bridgehead atoms. The van der Waals surface area contributed by atoms with Gasteiger partial charge in [0.25, 0.3) is 0 Å². The molecule has 0 aromatic heterocycles. The average molecular weight is 289 g/mol. The van der Waals surface area contributed by atoms with Crippen LogP contribution in [-0.4, -0.2) is 0 Å². The van der Waals surface area contributed by atoms with Crippen LogP contribution in [0.25, 0.3) is 11.1 Å². The van der Waals surface area contributed by atoms with Gasteiger partial charge in [-0.2, -0.15) is 0 Å². The van der Waals surface area contributed by atoms with Crippen LogP contribution in [0.15, 0.2) is 42.5 Å². The highest BCUT2D eigenvalue weighted by Crippen LogP contribution is 2.28. The van der Waals surface area contributed by atoms with Gasteiger partial charge in [0.05, 0.1) is 0 Å². The molecule has 1 unspecified atom stereocenters. The summed E-state index contributed by atoms with van der Waals surface area (Å²) in [5.41, 5.74) is 6.58. The van der Waals surface area contributed by atoms with Gasteiger partial charge in [0.15, 0.2) is 0 Å². The largest absolute Gasteiger partial charge is 0.0842 e. The van der Waals surface area contributed by atoms with Gasteiger partial charge < -0.3 is 0 Å². The Balaban J connectivity index is 2.43. The third kappa shape index (κ3) is 2.78. The van der Waals surface area contributed by atoms with Crippen molar-refractivity contribution in [3.8, 4) is 11.1 Å². The Morgan fingerprint density at radius 2 is 1.59 bits per heavy atom. The number of benzene rings is 2. The zero-order valence-corrected chi connectivity index (χ0v) is 12.1. The summed E-state index contributed by atoms with van der Waals surface area (Å²) in [5, 5.41) is 0. The summed E-state index contributed by atoms with van der Waals surface area (Å²) in [7, 11) is 0. The van der Waals surface area contributed by atoms with Gasteiger partial charge in [-0.1, -0.05) is 64.0 Å². The summed E-state index contributed by atoms with van der Waals surface area (Å²) in [6, 6.07) is 15.4. The van der Waals surface area contributed by atoms with Crippen LogP contribution in [0.3, 0.4) is 0 Å². The molecule has 0 amide bonds. The number of halogens is 1. The highest BCUT2D eigenvalue weighted by Gasteiger charge is 2.04. The SMILES string of the molecule is Cc1ccc(C)c(-c2ccc(C(C)Br)cc2)c1. The second-order valence-electron chi connectivity index (χ2n) is 4.56. The quantitative estimate of drug-likeness (QED) is 0.647. The molecule has 0 N–H and O–H groups in total. The lowest BCUT2D eigenvalue weighted by Gasteiger charge is -2.09. The van der Waals surface area contributed by atoms with Crippen LogP contribution >= 0.6 is 15.9 Å². The molecule has 0 aliphatic rings. The van der Waals surface area contributed by atoms with E-state index >= 15 is 0 Å². The zero-order valence-electron chi connectivity index (χ0n) is 10.5. The monoisotopic (exact) mass is 288 g/mol. The minimum atomic E-state index is 0.412. The fraction of sp³-hybridized carbons (Fsp3) is 0.250. The maximum absolute atomic E-state index is 3.59. The highest BCUT2D eigenvalue weighted by molar-refractivity contribution is 9.09. The number of aryl methyl sites for hydroxylation is 2. The second-order valence-corrected chi connectivity index (χ2v) is 5.93. The second kappa shape index (κ2) is 5.05. The van der Waals surface area contributed by atoms with Crippen LogP contribution in [0.5, 0.6) is 0 Å². The predicted octanol–water partition coefficient (Wildman–Crippen LogP) is 5.43. The molecule has 0 aliphatic heterocycles. The van der Waals surface area contributed by atoms with Gasteiger partial charge in [0, 0.05) is 4.83 Å². The Hall–Kier alpha value is -1.08. The molecule has 0 heterocycles. The van der Waals surface area contributed by atoms with Gasteiger partial charge in [-0.05, 0) is 43.0 Å².